The van der Waals surface area contributed by atoms with Crippen LogP contribution in [0.3, 0.4) is 0 Å². The number of aliphatic hydroxyl groups excluding tert-OH is 1. The van der Waals surface area contributed by atoms with E-state index in [0.717, 1.165) is 12.8 Å². The molecule has 2 N–H and O–H groups in total. The number of rotatable bonds is 4. The summed E-state index contributed by atoms with van der Waals surface area (Å²) in [5.41, 5.74) is -0.790. The van der Waals surface area contributed by atoms with E-state index in [-0.39, 0.29) is 6.61 Å². The standard InChI is InChI=1S/C8H18N2O3S/c1-8(2,7-11)9-14(12,13)10-5-3-4-6-10/h9,11H,3-7H2,1-2H3. The minimum absolute atomic E-state index is 0.208. The van der Waals surface area contributed by atoms with Crippen LogP contribution in [0.5, 0.6) is 0 Å². The monoisotopic (exact) mass is 222 g/mol. The van der Waals surface area contributed by atoms with Crippen molar-refractivity contribution in [1.29, 1.82) is 0 Å². The van der Waals surface area contributed by atoms with E-state index >= 15 is 0 Å². The first-order valence-corrected chi connectivity index (χ1v) is 6.21. The third kappa shape index (κ3) is 2.91. The van der Waals surface area contributed by atoms with E-state index in [0.29, 0.717) is 13.1 Å². The summed E-state index contributed by atoms with van der Waals surface area (Å²) in [6.45, 7) is 4.26. The number of aliphatic hydroxyl groups is 1. The van der Waals surface area contributed by atoms with Gasteiger partial charge in [-0.15, -0.1) is 0 Å². The van der Waals surface area contributed by atoms with Crippen molar-refractivity contribution in [2.24, 2.45) is 0 Å². The van der Waals surface area contributed by atoms with Crippen molar-refractivity contribution in [3.05, 3.63) is 0 Å². The lowest BCUT2D eigenvalue weighted by Crippen LogP contribution is -2.51. The fraction of sp³-hybridized carbons (Fsp3) is 1.00. The smallest absolute Gasteiger partial charge is 0.280 e. The zero-order valence-electron chi connectivity index (χ0n) is 8.65. The zero-order chi connectivity index (χ0) is 10.8. The number of nitrogens with one attached hydrogen (secondary N) is 1. The predicted molar refractivity (Wildman–Crippen MR) is 54.0 cm³/mol. The first-order valence-electron chi connectivity index (χ1n) is 4.77. The van der Waals surface area contributed by atoms with Gasteiger partial charge >= 0.3 is 0 Å². The molecular formula is C8H18N2O3S. The Morgan fingerprint density at radius 2 is 1.86 bits per heavy atom. The molecule has 5 nitrogen and oxygen atoms in total. The van der Waals surface area contributed by atoms with Crippen LogP contribution in [0.15, 0.2) is 0 Å². The van der Waals surface area contributed by atoms with Crippen LogP contribution in [-0.2, 0) is 10.2 Å². The number of nitrogens with zero attached hydrogens (tertiary/aromatic N) is 1. The maximum Gasteiger partial charge on any atom is 0.280 e. The van der Waals surface area contributed by atoms with Crippen molar-refractivity contribution in [1.82, 2.24) is 9.03 Å². The molecule has 1 heterocycles. The molecule has 84 valence electrons. The lowest BCUT2D eigenvalue weighted by molar-refractivity contribution is 0.206. The minimum Gasteiger partial charge on any atom is -0.394 e. The predicted octanol–water partition coefficient (Wildman–Crippen LogP) is -0.313. The minimum atomic E-state index is -3.41. The number of hydrogen-bond donors (Lipinski definition) is 2. The zero-order valence-corrected chi connectivity index (χ0v) is 9.47. The summed E-state index contributed by atoms with van der Waals surface area (Å²) >= 11 is 0. The van der Waals surface area contributed by atoms with Gasteiger partial charge in [-0.05, 0) is 26.7 Å². The van der Waals surface area contributed by atoms with E-state index in [2.05, 4.69) is 4.72 Å². The molecule has 1 rings (SSSR count). The Morgan fingerprint density at radius 3 is 2.29 bits per heavy atom. The van der Waals surface area contributed by atoms with Gasteiger partial charge in [0, 0.05) is 13.1 Å². The fourth-order valence-corrected chi connectivity index (χ4v) is 3.01. The highest BCUT2D eigenvalue weighted by atomic mass is 32.2. The topological polar surface area (TPSA) is 69.6 Å². The lowest BCUT2D eigenvalue weighted by atomic mass is 10.1. The average molecular weight is 222 g/mol. The van der Waals surface area contributed by atoms with E-state index in [4.69, 9.17) is 5.11 Å². The molecule has 0 aliphatic carbocycles. The molecule has 0 amide bonds. The van der Waals surface area contributed by atoms with Crippen molar-refractivity contribution < 1.29 is 13.5 Å². The van der Waals surface area contributed by atoms with Gasteiger partial charge in [0.15, 0.2) is 0 Å². The highest BCUT2D eigenvalue weighted by Gasteiger charge is 2.30. The Balaban J connectivity index is 2.66. The fourth-order valence-electron chi connectivity index (χ4n) is 1.37. The van der Waals surface area contributed by atoms with Crippen LogP contribution in [0.1, 0.15) is 26.7 Å². The van der Waals surface area contributed by atoms with Crippen LogP contribution in [-0.4, -0.2) is 43.1 Å². The molecule has 1 saturated heterocycles. The van der Waals surface area contributed by atoms with Gasteiger partial charge in [-0.25, -0.2) is 0 Å². The molecule has 0 aromatic heterocycles. The van der Waals surface area contributed by atoms with Gasteiger partial charge in [0.2, 0.25) is 0 Å². The van der Waals surface area contributed by atoms with E-state index < -0.39 is 15.7 Å². The SMILES string of the molecule is CC(C)(CO)NS(=O)(=O)N1CCCC1. The quantitative estimate of drug-likeness (QED) is 0.685. The number of hydrogen-bond acceptors (Lipinski definition) is 3. The van der Waals surface area contributed by atoms with Crippen LogP contribution >= 0.6 is 0 Å². The first-order chi connectivity index (χ1) is 6.37. The maximum atomic E-state index is 11.7. The largest absolute Gasteiger partial charge is 0.394 e. The van der Waals surface area contributed by atoms with Crippen LogP contribution in [0, 0.1) is 0 Å². The summed E-state index contributed by atoms with van der Waals surface area (Å²) in [4.78, 5) is 0. The molecule has 14 heavy (non-hydrogen) atoms. The Bertz CT molecular complexity index is 281. The van der Waals surface area contributed by atoms with E-state index in [1.807, 2.05) is 0 Å². The molecule has 1 aliphatic rings. The highest BCUT2D eigenvalue weighted by molar-refractivity contribution is 7.87. The molecule has 0 saturated carbocycles. The summed E-state index contributed by atoms with van der Waals surface area (Å²) in [5.74, 6) is 0. The van der Waals surface area contributed by atoms with Gasteiger partial charge in [-0.1, -0.05) is 0 Å². The van der Waals surface area contributed by atoms with E-state index in [1.165, 1.54) is 4.31 Å². The first kappa shape index (κ1) is 11.9. The second-order valence-electron chi connectivity index (χ2n) is 4.26. The normalized spacial score (nSPS) is 20.2. The molecule has 1 fully saturated rings. The van der Waals surface area contributed by atoms with Gasteiger partial charge in [0.05, 0.1) is 12.1 Å². The summed E-state index contributed by atoms with van der Waals surface area (Å²) in [7, 11) is -3.41. The lowest BCUT2D eigenvalue weighted by Gasteiger charge is -2.26. The average Bonchev–Trinajstić information content (AvgIpc) is 2.54. The molecule has 6 heteroatoms. The Morgan fingerprint density at radius 1 is 1.36 bits per heavy atom. The molecule has 0 atom stereocenters. The van der Waals surface area contributed by atoms with Crippen molar-refractivity contribution in [2.45, 2.75) is 32.2 Å². The third-order valence-corrected chi connectivity index (χ3v) is 4.06. The Hall–Kier alpha value is -0.170. The second kappa shape index (κ2) is 4.14. The molecule has 0 radical (unpaired) electrons. The van der Waals surface area contributed by atoms with E-state index in [1.54, 1.807) is 13.8 Å². The Labute approximate surface area is 85.3 Å². The second-order valence-corrected chi connectivity index (χ2v) is 5.93. The van der Waals surface area contributed by atoms with Gasteiger partial charge < -0.3 is 5.11 Å². The summed E-state index contributed by atoms with van der Waals surface area (Å²) in [6, 6.07) is 0. The van der Waals surface area contributed by atoms with Gasteiger partial charge in [-0.2, -0.15) is 17.4 Å². The van der Waals surface area contributed by atoms with E-state index in [9.17, 15) is 8.42 Å². The third-order valence-electron chi connectivity index (χ3n) is 2.21. The van der Waals surface area contributed by atoms with Crippen LogP contribution in [0.25, 0.3) is 0 Å². The molecular weight excluding hydrogens is 204 g/mol. The Kier molecular flexibility index (Phi) is 3.52. The summed E-state index contributed by atoms with van der Waals surface area (Å²) in [6.07, 6.45) is 1.83. The molecule has 0 aromatic rings. The van der Waals surface area contributed by atoms with Gasteiger partial charge in [-0.3, -0.25) is 0 Å². The maximum absolute atomic E-state index is 11.7. The molecule has 0 unspecified atom stereocenters. The van der Waals surface area contributed by atoms with Crippen molar-refractivity contribution in [2.75, 3.05) is 19.7 Å². The van der Waals surface area contributed by atoms with Crippen LogP contribution in [0.2, 0.25) is 0 Å². The molecule has 0 aromatic carbocycles. The van der Waals surface area contributed by atoms with Crippen molar-refractivity contribution in [3.63, 3.8) is 0 Å². The van der Waals surface area contributed by atoms with Crippen molar-refractivity contribution >= 4 is 10.2 Å². The molecule has 1 aliphatic heterocycles. The van der Waals surface area contributed by atoms with Crippen molar-refractivity contribution in [3.8, 4) is 0 Å². The summed E-state index contributed by atoms with van der Waals surface area (Å²) in [5, 5.41) is 8.95. The summed E-state index contributed by atoms with van der Waals surface area (Å²) < 4.78 is 27.3. The molecule has 0 bridgehead atoms. The van der Waals surface area contributed by atoms with Crippen LogP contribution in [0.4, 0.5) is 0 Å². The highest BCUT2D eigenvalue weighted by Crippen LogP contribution is 2.13. The van der Waals surface area contributed by atoms with Gasteiger partial charge in [0.1, 0.15) is 0 Å². The van der Waals surface area contributed by atoms with Crippen LogP contribution < -0.4 is 4.72 Å². The van der Waals surface area contributed by atoms with Gasteiger partial charge in [0.25, 0.3) is 10.2 Å². The molecule has 0 spiro atoms.